The highest BCUT2D eigenvalue weighted by Gasteiger charge is 2.47. The van der Waals surface area contributed by atoms with E-state index in [0.29, 0.717) is 0 Å². The van der Waals surface area contributed by atoms with Crippen LogP contribution in [0.25, 0.3) is 0 Å². The first kappa shape index (κ1) is 64.6. The second-order valence-electron chi connectivity index (χ2n) is 20.7. The molecule has 4 aromatic carbocycles. The van der Waals surface area contributed by atoms with Crippen LogP contribution in [0.3, 0.4) is 0 Å². The van der Waals surface area contributed by atoms with Crippen LogP contribution in [0.1, 0.15) is 108 Å². The van der Waals surface area contributed by atoms with E-state index in [0.717, 1.165) is 56.0 Å². The molecule has 3 saturated heterocycles. The van der Waals surface area contributed by atoms with Crippen LogP contribution in [0.5, 0.6) is 11.5 Å². The lowest BCUT2D eigenvalue weighted by molar-refractivity contribution is -0.245. The van der Waals surface area contributed by atoms with Crippen LogP contribution in [-0.4, -0.2) is 131 Å². The van der Waals surface area contributed by atoms with Crippen molar-refractivity contribution in [3.63, 3.8) is 0 Å². The minimum absolute atomic E-state index is 0.0210. The molecule has 0 saturated carbocycles. The molecule has 5 N–H and O–H groups in total. The van der Waals surface area contributed by atoms with E-state index in [4.69, 9.17) is 72.5 Å². The van der Waals surface area contributed by atoms with Gasteiger partial charge < -0.3 is 77.6 Å². The lowest BCUT2D eigenvalue weighted by Gasteiger charge is -2.38. The van der Waals surface area contributed by atoms with Crippen LogP contribution in [0.15, 0.2) is 72.8 Å². The number of carboxylic acid groups (broad SMARTS) is 2. The van der Waals surface area contributed by atoms with Crippen molar-refractivity contribution >= 4 is 23.9 Å². The van der Waals surface area contributed by atoms with Crippen molar-refractivity contribution in [2.75, 3.05) is 81.3 Å². The van der Waals surface area contributed by atoms with Crippen LogP contribution in [-0.2, 0) is 68.4 Å². The third-order valence-corrected chi connectivity index (χ3v) is 13.6. The molecule has 3 aliphatic heterocycles. The zero-order chi connectivity index (χ0) is 58.2. The van der Waals surface area contributed by atoms with Gasteiger partial charge in [-0.2, -0.15) is 0 Å². The van der Waals surface area contributed by atoms with E-state index in [1.54, 1.807) is 49.2 Å². The Kier molecular flexibility index (Phi) is 23.9. The average Bonchev–Trinajstić information content (AvgIpc) is 3.46. The Labute approximate surface area is 456 Å². The van der Waals surface area contributed by atoms with Crippen molar-refractivity contribution in [1.29, 1.82) is 0 Å². The predicted octanol–water partition coefficient (Wildman–Crippen LogP) is 7.47. The third kappa shape index (κ3) is 16.6. The molecule has 78 heavy (non-hydrogen) atoms. The number of rotatable bonds is 15. The molecule has 20 nitrogen and oxygen atoms in total. The van der Waals surface area contributed by atoms with Gasteiger partial charge in [-0.1, -0.05) is 48.5 Å². The Morgan fingerprint density at radius 3 is 1.22 bits per heavy atom. The highest BCUT2D eigenvalue weighted by molar-refractivity contribution is 5.91. The molecule has 0 atom stereocenters. The van der Waals surface area contributed by atoms with E-state index in [1.165, 1.54) is 18.1 Å². The van der Waals surface area contributed by atoms with Crippen molar-refractivity contribution in [2.24, 2.45) is 21.7 Å². The molecule has 20 heteroatoms. The Morgan fingerprint density at radius 1 is 0.538 bits per heavy atom. The molecule has 7 rings (SSSR count). The second-order valence-corrected chi connectivity index (χ2v) is 20.7. The third-order valence-electron chi connectivity index (χ3n) is 13.6. The van der Waals surface area contributed by atoms with Gasteiger partial charge in [-0.3, -0.25) is 19.2 Å². The Morgan fingerprint density at radius 2 is 0.923 bits per heavy atom. The van der Waals surface area contributed by atoms with Crippen molar-refractivity contribution in [2.45, 2.75) is 94.1 Å². The minimum Gasteiger partial charge on any atom is -0.496 e. The summed E-state index contributed by atoms with van der Waals surface area (Å²) in [5, 5.41) is 43.6. The van der Waals surface area contributed by atoms with Gasteiger partial charge in [0.1, 0.15) is 33.2 Å². The molecule has 430 valence electrons. The standard InChI is InChI=1S/C28H34O9.C14H18O5.C11H16O2.C5H10O4/c1-17-10-19(6-7-21(17)12-29)23-33-13-27(3,14-34-23)25(30)37-26(31)28(4)15-35-24(36-16-28)20-8-9-22(32-5)18(2)11-20;1-9-6-10(4-5-11(9)17-3)12-18-7-14(2,8-19-12)13(15)16;1-8-5-6-10(7-9(8)2)11(12-3)13-4;1-5(2-6,3-7)4(8)9/h6-11,23-24,29H,12-16H2,1-5H3;4-6,12H,7-8H2,1-3H3,(H,15,16);5-7,11H,1-4H3;6-7H,2-3H2,1H3,(H,8,9). The number of aliphatic hydroxyl groups is 3. The SMILES string of the molecule is CC(CO)(CO)C(=O)O.COC(OC)c1ccc(C)c(C)c1.COc1ccc(C2OCC(C)(C(=O)O)CO2)cc1C.COc1ccc(C2OCC(C)(C(=O)OC(=O)C3(C)COC(c4ccc(CO)c(C)c4)OC3)CO2)cc1C. The summed E-state index contributed by atoms with van der Waals surface area (Å²) < 4.78 is 60.4. The number of carbonyl (C=O) groups excluding carboxylic acids is 2. The Hall–Kier alpha value is -5.88. The number of aliphatic hydroxyl groups excluding tert-OH is 3. The van der Waals surface area contributed by atoms with Gasteiger partial charge in [-0.15, -0.1) is 0 Å². The first-order chi connectivity index (χ1) is 36.8. The lowest BCUT2D eigenvalue weighted by atomic mass is 9.90. The van der Waals surface area contributed by atoms with E-state index in [2.05, 4.69) is 26.0 Å². The molecule has 0 amide bonds. The summed E-state index contributed by atoms with van der Waals surface area (Å²) in [5.74, 6) is -1.98. The number of hydrogen-bond donors (Lipinski definition) is 5. The Balaban J connectivity index is 0.000000264. The average molecular weight is 1100 g/mol. The smallest absolute Gasteiger partial charge is 0.324 e. The molecule has 4 aromatic rings. The number of aliphatic carboxylic acids is 2. The summed E-state index contributed by atoms with van der Waals surface area (Å²) in [6.45, 7) is 15.3. The fraction of sp³-hybridized carbons (Fsp3) is 0.517. The highest BCUT2D eigenvalue weighted by Crippen LogP contribution is 2.38. The number of aryl methyl sites for hydroxylation is 5. The van der Waals surface area contributed by atoms with Crippen LogP contribution < -0.4 is 9.47 Å². The number of methoxy groups -OCH3 is 4. The molecular formula is C58H78O20. The number of benzene rings is 4. The van der Waals surface area contributed by atoms with Gasteiger partial charge in [0.2, 0.25) is 0 Å². The highest BCUT2D eigenvalue weighted by atomic mass is 16.7. The molecule has 0 aliphatic carbocycles. The lowest BCUT2D eigenvalue weighted by Crippen LogP contribution is -2.48. The summed E-state index contributed by atoms with van der Waals surface area (Å²) in [6, 6.07) is 22.9. The second kappa shape index (κ2) is 28.8. The van der Waals surface area contributed by atoms with E-state index in [9.17, 15) is 24.3 Å². The molecule has 0 aromatic heterocycles. The first-order valence-electron chi connectivity index (χ1n) is 25.1. The van der Waals surface area contributed by atoms with E-state index in [1.807, 2.05) is 81.4 Å². The summed E-state index contributed by atoms with van der Waals surface area (Å²) in [5.41, 5.74) is 5.08. The molecule has 3 aliphatic rings. The molecule has 3 fully saturated rings. The monoisotopic (exact) mass is 1090 g/mol. The minimum atomic E-state index is -1.39. The quantitative estimate of drug-likeness (QED) is 0.0439. The van der Waals surface area contributed by atoms with Crippen molar-refractivity contribution < 1.29 is 96.8 Å². The maximum absolute atomic E-state index is 13.0. The van der Waals surface area contributed by atoms with Gasteiger partial charge in [0, 0.05) is 36.5 Å². The zero-order valence-electron chi connectivity index (χ0n) is 47.0. The molecule has 3 heterocycles. The van der Waals surface area contributed by atoms with E-state index >= 15 is 0 Å². The van der Waals surface area contributed by atoms with Gasteiger partial charge in [0.05, 0.1) is 73.7 Å². The summed E-state index contributed by atoms with van der Waals surface area (Å²) in [4.78, 5) is 47.2. The van der Waals surface area contributed by atoms with Gasteiger partial charge in [0.15, 0.2) is 25.2 Å². The van der Waals surface area contributed by atoms with Crippen LogP contribution in [0.4, 0.5) is 0 Å². The van der Waals surface area contributed by atoms with Gasteiger partial charge in [-0.05, 0) is 120 Å². The topological polar surface area (TPSA) is 271 Å². The number of hydrogen-bond acceptors (Lipinski definition) is 18. The zero-order valence-corrected chi connectivity index (χ0v) is 47.0. The summed E-state index contributed by atoms with van der Waals surface area (Å²) in [6.07, 6.45) is -2.05. The van der Waals surface area contributed by atoms with Gasteiger partial charge in [-0.25, -0.2) is 0 Å². The predicted molar refractivity (Wildman–Crippen MR) is 282 cm³/mol. The molecule has 0 radical (unpaired) electrons. The Bertz CT molecular complexity index is 2530. The number of carbonyl (C=O) groups is 4. The molecule has 0 bridgehead atoms. The van der Waals surface area contributed by atoms with Gasteiger partial charge in [0.25, 0.3) is 0 Å². The van der Waals surface area contributed by atoms with Crippen molar-refractivity contribution in [3.05, 3.63) is 128 Å². The summed E-state index contributed by atoms with van der Waals surface area (Å²) in [7, 11) is 6.51. The fourth-order valence-corrected chi connectivity index (χ4v) is 7.70. The van der Waals surface area contributed by atoms with Crippen LogP contribution in [0, 0.1) is 56.3 Å². The van der Waals surface area contributed by atoms with Crippen LogP contribution >= 0.6 is 0 Å². The molecular weight excluding hydrogens is 1020 g/mol. The first-order valence-corrected chi connectivity index (χ1v) is 25.1. The number of carboxylic acids is 2. The van der Waals surface area contributed by atoms with Crippen LogP contribution in [0.2, 0.25) is 0 Å². The maximum Gasteiger partial charge on any atom is 0.324 e. The normalized spacial score (nSPS) is 23.0. The maximum atomic E-state index is 13.0. The number of ether oxygens (including phenoxy) is 11. The largest absolute Gasteiger partial charge is 0.496 e. The fourth-order valence-electron chi connectivity index (χ4n) is 7.70. The molecule has 0 spiro atoms. The van der Waals surface area contributed by atoms with E-state index in [-0.39, 0.29) is 52.5 Å². The number of esters is 2. The van der Waals surface area contributed by atoms with Gasteiger partial charge >= 0.3 is 23.9 Å². The van der Waals surface area contributed by atoms with Crippen molar-refractivity contribution in [3.8, 4) is 11.5 Å². The molecule has 0 unspecified atom stereocenters. The van der Waals surface area contributed by atoms with E-state index < -0.39 is 77.6 Å². The summed E-state index contributed by atoms with van der Waals surface area (Å²) >= 11 is 0. The van der Waals surface area contributed by atoms with Crippen molar-refractivity contribution in [1.82, 2.24) is 0 Å².